The number of amides is 1. The summed E-state index contributed by atoms with van der Waals surface area (Å²) < 4.78 is 0.604. The lowest BCUT2D eigenvalue weighted by molar-refractivity contribution is -0.131. The fraction of sp³-hybridized carbons (Fsp3) is 0.571. The highest BCUT2D eigenvalue weighted by atomic mass is 35.5. The first-order chi connectivity index (χ1) is 9.08. The van der Waals surface area contributed by atoms with Gasteiger partial charge < -0.3 is 4.90 Å². The third kappa shape index (κ3) is 5.33. The van der Waals surface area contributed by atoms with Gasteiger partial charge >= 0.3 is 0 Å². The number of unbranched alkanes of at least 4 members (excludes halogenated alkanes) is 1. The second kappa shape index (κ2) is 8.33. The molecule has 1 rings (SSSR count). The Kier molecular flexibility index (Phi) is 7.10. The molecule has 1 aromatic rings. The Morgan fingerprint density at radius 2 is 2.00 bits per heavy atom. The van der Waals surface area contributed by atoms with Crippen LogP contribution in [0.25, 0.3) is 0 Å². The number of nitrogens with zero attached hydrogens (tertiary/aromatic N) is 1. The maximum Gasteiger partial charge on any atom is 0.223 e. The molecule has 1 amide bonds. The maximum absolute atomic E-state index is 12.0. The molecular weight excluding hydrogens is 282 g/mol. The summed E-state index contributed by atoms with van der Waals surface area (Å²) in [6, 6.07) is 3.43. The van der Waals surface area contributed by atoms with Gasteiger partial charge in [0.05, 0.1) is 9.21 Å². The summed E-state index contributed by atoms with van der Waals surface area (Å²) in [5.41, 5.74) is 0. The molecule has 5 heteroatoms. The van der Waals surface area contributed by atoms with Crippen molar-refractivity contribution in [2.75, 3.05) is 13.1 Å². The molecule has 0 unspecified atom stereocenters. The van der Waals surface area contributed by atoms with Gasteiger partial charge in [0.15, 0.2) is 5.78 Å². The van der Waals surface area contributed by atoms with Crippen molar-refractivity contribution in [1.82, 2.24) is 4.90 Å². The molecule has 0 fully saturated rings. The maximum atomic E-state index is 12.0. The molecule has 19 heavy (non-hydrogen) atoms. The Labute approximate surface area is 123 Å². The second-order valence-corrected chi connectivity index (χ2v) is 6.07. The Morgan fingerprint density at radius 3 is 2.53 bits per heavy atom. The molecular formula is C14H20ClNO2S. The average Bonchev–Trinajstić information content (AvgIpc) is 2.83. The van der Waals surface area contributed by atoms with Crippen LogP contribution >= 0.6 is 22.9 Å². The highest BCUT2D eigenvalue weighted by molar-refractivity contribution is 7.18. The minimum absolute atomic E-state index is 0.00297. The van der Waals surface area contributed by atoms with Crippen molar-refractivity contribution in [1.29, 1.82) is 0 Å². The van der Waals surface area contributed by atoms with Crippen LogP contribution in [-0.4, -0.2) is 29.7 Å². The molecule has 0 atom stereocenters. The van der Waals surface area contributed by atoms with E-state index in [0.717, 1.165) is 19.4 Å². The molecule has 0 bridgehead atoms. The molecule has 0 aliphatic rings. The number of carbonyl (C=O) groups is 2. The fourth-order valence-corrected chi connectivity index (χ4v) is 2.78. The SMILES string of the molecule is CCCCN(CC)C(=O)CCC(=O)c1ccc(Cl)s1. The lowest BCUT2D eigenvalue weighted by Gasteiger charge is -2.20. The smallest absolute Gasteiger partial charge is 0.223 e. The van der Waals surface area contributed by atoms with E-state index in [1.807, 2.05) is 11.8 Å². The first-order valence-electron chi connectivity index (χ1n) is 6.64. The van der Waals surface area contributed by atoms with Crippen LogP contribution < -0.4 is 0 Å². The third-order valence-corrected chi connectivity index (χ3v) is 4.20. The fourth-order valence-electron chi connectivity index (χ4n) is 1.77. The lowest BCUT2D eigenvalue weighted by atomic mass is 10.1. The molecule has 0 N–H and O–H groups in total. The normalized spacial score (nSPS) is 10.5. The monoisotopic (exact) mass is 301 g/mol. The van der Waals surface area contributed by atoms with Gasteiger partial charge in [-0.15, -0.1) is 11.3 Å². The van der Waals surface area contributed by atoms with Gasteiger partial charge in [0.2, 0.25) is 5.91 Å². The number of ketones is 1. The first kappa shape index (κ1) is 16.2. The van der Waals surface area contributed by atoms with Gasteiger partial charge in [-0.3, -0.25) is 9.59 Å². The van der Waals surface area contributed by atoms with Crippen molar-refractivity contribution >= 4 is 34.6 Å². The zero-order valence-electron chi connectivity index (χ0n) is 11.4. The first-order valence-corrected chi connectivity index (χ1v) is 7.84. The molecule has 1 aromatic heterocycles. The number of Topliss-reactive ketones (excluding diaryl/α,β-unsaturated/α-hetero) is 1. The number of hydrogen-bond acceptors (Lipinski definition) is 3. The number of thiophene rings is 1. The zero-order chi connectivity index (χ0) is 14.3. The molecule has 1 heterocycles. The topological polar surface area (TPSA) is 37.4 Å². The van der Waals surface area contributed by atoms with E-state index in [4.69, 9.17) is 11.6 Å². The van der Waals surface area contributed by atoms with E-state index in [2.05, 4.69) is 6.92 Å². The summed E-state index contributed by atoms with van der Waals surface area (Å²) in [6.07, 6.45) is 2.62. The van der Waals surface area contributed by atoms with Crippen LogP contribution in [0.15, 0.2) is 12.1 Å². The molecule has 0 aliphatic heterocycles. The van der Waals surface area contributed by atoms with Gasteiger partial charge in [0.1, 0.15) is 0 Å². The predicted molar refractivity (Wildman–Crippen MR) is 80.1 cm³/mol. The largest absolute Gasteiger partial charge is 0.343 e. The summed E-state index contributed by atoms with van der Waals surface area (Å²) in [4.78, 5) is 26.3. The van der Waals surface area contributed by atoms with Crippen molar-refractivity contribution < 1.29 is 9.59 Å². The van der Waals surface area contributed by atoms with Crippen molar-refractivity contribution in [3.63, 3.8) is 0 Å². The van der Waals surface area contributed by atoms with E-state index in [1.54, 1.807) is 12.1 Å². The summed E-state index contributed by atoms with van der Waals surface area (Å²) >= 11 is 7.05. The molecule has 0 spiro atoms. The third-order valence-electron chi connectivity index (χ3n) is 2.93. The Balaban J connectivity index is 2.42. The van der Waals surface area contributed by atoms with E-state index in [0.29, 0.717) is 15.8 Å². The standard InChI is InChI=1S/C14H20ClNO2S/c1-3-5-10-16(4-2)14(18)9-6-11(17)12-7-8-13(15)19-12/h7-8H,3-6,9-10H2,1-2H3. The van der Waals surface area contributed by atoms with Gasteiger partial charge in [-0.05, 0) is 25.5 Å². The van der Waals surface area contributed by atoms with Crippen LogP contribution in [0, 0.1) is 0 Å². The van der Waals surface area contributed by atoms with Crippen molar-refractivity contribution in [3.8, 4) is 0 Å². The van der Waals surface area contributed by atoms with Crippen molar-refractivity contribution in [2.45, 2.75) is 39.5 Å². The molecule has 0 saturated carbocycles. The number of rotatable bonds is 8. The second-order valence-electron chi connectivity index (χ2n) is 4.35. The molecule has 0 aliphatic carbocycles. The number of halogens is 1. The molecule has 106 valence electrons. The van der Waals surface area contributed by atoms with Crippen LogP contribution in [0.2, 0.25) is 4.34 Å². The van der Waals surface area contributed by atoms with Crippen LogP contribution in [0.4, 0.5) is 0 Å². The van der Waals surface area contributed by atoms with Gasteiger partial charge in [-0.1, -0.05) is 24.9 Å². The van der Waals surface area contributed by atoms with Crippen molar-refractivity contribution in [3.05, 3.63) is 21.3 Å². The molecule has 3 nitrogen and oxygen atoms in total. The predicted octanol–water partition coefficient (Wildman–Crippen LogP) is 4.01. The Bertz CT molecular complexity index is 431. The van der Waals surface area contributed by atoms with E-state index in [9.17, 15) is 9.59 Å². The molecule has 0 saturated heterocycles. The lowest BCUT2D eigenvalue weighted by Crippen LogP contribution is -2.31. The van der Waals surface area contributed by atoms with Gasteiger partial charge in [0, 0.05) is 25.9 Å². The highest BCUT2D eigenvalue weighted by Crippen LogP contribution is 2.23. The van der Waals surface area contributed by atoms with Crippen LogP contribution in [0.5, 0.6) is 0 Å². The number of hydrogen-bond donors (Lipinski definition) is 0. The van der Waals surface area contributed by atoms with Crippen LogP contribution in [0.1, 0.15) is 49.2 Å². The van der Waals surface area contributed by atoms with E-state index < -0.39 is 0 Å². The summed E-state index contributed by atoms with van der Waals surface area (Å²) in [7, 11) is 0. The van der Waals surface area contributed by atoms with Crippen LogP contribution in [-0.2, 0) is 4.79 Å². The summed E-state index contributed by atoms with van der Waals surface area (Å²) in [5.74, 6) is 0.0590. The minimum Gasteiger partial charge on any atom is -0.343 e. The minimum atomic E-state index is -0.00297. The van der Waals surface area contributed by atoms with Gasteiger partial charge in [-0.25, -0.2) is 0 Å². The Hall–Kier alpha value is -0.870. The van der Waals surface area contributed by atoms with E-state index in [1.165, 1.54) is 11.3 Å². The van der Waals surface area contributed by atoms with E-state index >= 15 is 0 Å². The van der Waals surface area contributed by atoms with Gasteiger partial charge in [-0.2, -0.15) is 0 Å². The quantitative estimate of drug-likeness (QED) is 0.680. The summed E-state index contributed by atoms with van der Waals surface area (Å²) in [5, 5.41) is 0. The zero-order valence-corrected chi connectivity index (χ0v) is 13.0. The molecule has 0 radical (unpaired) electrons. The number of carbonyl (C=O) groups excluding carboxylic acids is 2. The van der Waals surface area contributed by atoms with Gasteiger partial charge in [0.25, 0.3) is 0 Å². The van der Waals surface area contributed by atoms with Crippen molar-refractivity contribution in [2.24, 2.45) is 0 Å². The summed E-state index contributed by atoms with van der Waals surface area (Å²) in [6.45, 7) is 5.56. The van der Waals surface area contributed by atoms with Crippen LogP contribution in [0.3, 0.4) is 0 Å². The average molecular weight is 302 g/mol. The van der Waals surface area contributed by atoms with E-state index in [-0.39, 0.29) is 24.5 Å². The molecule has 0 aromatic carbocycles. The Morgan fingerprint density at radius 1 is 1.26 bits per heavy atom. The highest BCUT2D eigenvalue weighted by Gasteiger charge is 2.15.